The van der Waals surface area contributed by atoms with Gasteiger partial charge in [-0.05, 0) is 52.2 Å². The molecule has 0 fully saturated rings. The van der Waals surface area contributed by atoms with Gasteiger partial charge in [-0.1, -0.05) is 103 Å². The van der Waals surface area contributed by atoms with E-state index in [0.717, 1.165) is 22.3 Å². The summed E-state index contributed by atoms with van der Waals surface area (Å²) in [6.07, 6.45) is 0. The second-order valence-corrected chi connectivity index (χ2v) is 8.72. The lowest BCUT2D eigenvalue weighted by Crippen LogP contribution is -2.00. The lowest BCUT2D eigenvalue weighted by Gasteiger charge is -2.11. The minimum Gasteiger partial charge on any atom is -0.208 e. The standard InChI is InChI=1S/C31H20ClN3/c32-26-18-16-23(17-19-26)30-33-29(22-9-2-1-3-10-22)34-31(35-30)25-13-6-12-24(20-25)28-15-7-11-21-8-4-5-14-27(21)28/h1-20H. The van der Waals surface area contributed by atoms with Crippen molar-refractivity contribution in [2.24, 2.45) is 0 Å². The fraction of sp³-hybridized carbons (Fsp3) is 0. The zero-order valence-electron chi connectivity index (χ0n) is 18.8. The SMILES string of the molecule is Clc1ccc(-c2nc(-c3ccccc3)nc(-c3cccc(-c4cccc5ccccc45)c3)n2)cc1. The van der Waals surface area contributed by atoms with Crippen LogP contribution >= 0.6 is 11.6 Å². The summed E-state index contributed by atoms with van der Waals surface area (Å²) in [7, 11) is 0. The summed E-state index contributed by atoms with van der Waals surface area (Å²) in [5, 5.41) is 3.11. The molecule has 0 spiro atoms. The Balaban J connectivity index is 1.52. The average molecular weight is 470 g/mol. The zero-order valence-corrected chi connectivity index (χ0v) is 19.5. The first-order valence-corrected chi connectivity index (χ1v) is 11.8. The Labute approximate surface area is 208 Å². The predicted molar refractivity (Wildman–Crippen MR) is 144 cm³/mol. The molecule has 0 N–H and O–H groups in total. The van der Waals surface area contributed by atoms with Gasteiger partial charge in [-0.3, -0.25) is 0 Å². The highest BCUT2D eigenvalue weighted by Gasteiger charge is 2.13. The lowest BCUT2D eigenvalue weighted by molar-refractivity contribution is 1.07. The molecule has 6 aromatic rings. The maximum Gasteiger partial charge on any atom is 0.164 e. The van der Waals surface area contributed by atoms with E-state index in [1.165, 1.54) is 16.3 Å². The van der Waals surface area contributed by atoms with Crippen molar-refractivity contribution in [3.05, 3.63) is 126 Å². The number of rotatable bonds is 4. The molecule has 0 amide bonds. The van der Waals surface area contributed by atoms with Gasteiger partial charge in [0.25, 0.3) is 0 Å². The van der Waals surface area contributed by atoms with Crippen molar-refractivity contribution in [1.29, 1.82) is 0 Å². The number of hydrogen-bond donors (Lipinski definition) is 0. The van der Waals surface area contributed by atoms with E-state index in [1.54, 1.807) is 0 Å². The van der Waals surface area contributed by atoms with Crippen LogP contribution in [-0.2, 0) is 0 Å². The van der Waals surface area contributed by atoms with Crippen LogP contribution in [0.5, 0.6) is 0 Å². The van der Waals surface area contributed by atoms with Crippen molar-refractivity contribution in [2.75, 3.05) is 0 Å². The highest BCUT2D eigenvalue weighted by Crippen LogP contribution is 2.32. The number of benzene rings is 5. The smallest absolute Gasteiger partial charge is 0.164 e. The number of hydrogen-bond acceptors (Lipinski definition) is 3. The number of nitrogens with zero attached hydrogens (tertiary/aromatic N) is 3. The van der Waals surface area contributed by atoms with Gasteiger partial charge in [-0.2, -0.15) is 0 Å². The maximum absolute atomic E-state index is 6.12. The van der Waals surface area contributed by atoms with Crippen LogP contribution in [0.2, 0.25) is 5.02 Å². The summed E-state index contributed by atoms with van der Waals surface area (Å²) in [6, 6.07) is 40.8. The summed E-state index contributed by atoms with van der Waals surface area (Å²) in [5.41, 5.74) is 5.07. The molecule has 6 rings (SSSR count). The Morgan fingerprint density at radius 3 is 1.74 bits per heavy atom. The summed E-state index contributed by atoms with van der Waals surface area (Å²) in [4.78, 5) is 14.5. The molecule has 0 aliphatic carbocycles. The minimum absolute atomic E-state index is 0.612. The van der Waals surface area contributed by atoms with E-state index < -0.39 is 0 Å². The molecule has 0 saturated carbocycles. The minimum atomic E-state index is 0.612. The third-order valence-corrected chi connectivity index (χ3v) is 6.24. The van der Waals surface area contributed by atoms with E-state index in [9.17, 15) is 0 Å². The Kier molecular flexibility index (Phi) is 5.53. The molecule has 0 atom stereocenters. The fourth-order valence-electron chi connectivity index (χ4n) is 4.25. The van der Waals surface area contributed by atoms with E-state index in [0.29, 0.717) is 22.5 Å². The van der Waals surface area contributed by atoms with Crippen LogP contribution in [0, 0.1) is 0 Å². The molecule has 0 aliphatic rings. The summed E-state index contributed by atoms with van der Waals surface area (Å²) >= 11 is 6.12. The predicted octanol–water partition coefficient (Wildman–Crippen LogP) is 8.35. The van der Waals surface area contributed by atoms with Crippen LogP contribution in [-0.4, -0.2) is 15.0 Å². The summed E-state index contributed by atoms with van der Waals surface area (Å²) in [5.74, 6) is 1.88. The van der Waals surface area contributed by atoms with E-state index in [2.05, 4.69) is 60.7 Å². The van der Waals surface area contributed by atoms with E-state index in [4.69, 9.17) is 26.6 Å². The lowest BCUT2D eigenvalue weighted by atomic mass is 9.97. The Hall–Kier alpha value is -4.34. The van der Waals surface area contributed by atoms with Crippen LogP contribution in [0.3, 0.4) is 0 Å². The zero-order chi connectivity index (χ0) is 23.6. The topological polar surface area (TPSA) is 38.7 Å². The van der Waals surface area contributed by atoms with Gasteiger partial charge in [0.15, 0.2) is 17.5 Å². The van der Waals surface area contributed by atoms with Crippen LogP contribution in [0.1, 0.15) is 0 Å². The second kappa shape index (κ2) is 9.13. The number of aromatic nitrogens is 3. The number of halogens is 1. The first kappa shape index (κ1) is 21.2. The quantitative estimate of drug-likeness (QED) is 0.260. The van der Waals surface area contributed by atoms with Gasteiger partial charge < -0.3 is 0 Å². The van der Waals surface area contributed by atoms with Gasteiger partial charge in [-0.25, -0.2) is 15.0 Å². The normalized spacial score (nSPS) is 11.0. The molecule has 0 bridgehead atoms. The van der Waals surface area contributed by atoms with Gasteiger partial charge in [0, 0.05) is 21.7 Å². The second-order valence-electron chi connectivity index (χ2n) is 8.29. The molecule has 5 aromatic carbocycles. The number of fused-ring (bicyclic) bond motifs is 1. The molecular formula is C31H20ClN3. The Morgan fingerprint density at radius 1 is 0.429 bits per heavy atom. The van der Waals surface area contributed by atoms with Gasteiger partial charge in [-0.15, -0.1) is 0 Å². The monoisotopic (exact) mass is 469 g/mol. The highest BCUT2D eigenvalue weighted by atomic mass is 35.5. The van der Waals surface area contributed by atoms with E-state index >= 15 is 0 Å². The molecule has 0 radical (unpaired) electrons. The van der Waals surface area contributed by atoms with E-state index in [-0.39, 0.29) is 0 Å². The van der Waals surface area contributed by atoms with Crippen LogP contribution in [0.25, 0.3) is 56.1 Å². The first-order valence-electron chi connectivity index (χ1n) is 11.4. The first-order chi connectivity index (χ1) is 17.2. The molecular weight excluding hydrogens is 450 g/mol. The van der Waals surface area contributed by atoms with Gasteiger partial charge in [0.1, 0.15) is 0 Å². The van der Waals surface area contributed by atoms with Crippen molar-refractivity contribution in [1.82, 2.24) is 15.0 Å². The van der Waals surface area contributed by atoms with Crippen LogP contribution < -0.4 is 0 Å². The molecule has 0 unspecified atom stereocenters. The average Bonchev–Trinajstić information content (AvgIpc) is 2.93. The molecule has 4 heteroatoms. The van der Waals surface area contributed by atoms with Crippen molar-refractivity contribution in [3.8, 4) is 45.3 Å². The highest BCUT2D eigenvalue weighted by molar-refractivity contribution is 6.30. The largest absolute Gasteiger partial charge is 0.208 e. The molecule has 0 saturated heterocycles. The van der Waals surface area contributed by atoms with Gasteiger partial charge in [0.2, 0.25) is 0 Å². The summed E-state index contributed by atoms with van der Waals surface area (Å²) < 4.78 is 0. The van der Waals surface area contributed by atoms with E-state index in [1.807, 2.05) is 60.7 Å². The molecule has 0 aliphatic heterocycles. The van der Waals surface area contributed by atoms with Crippen LogP contribution in [0.15, 0.2) is 121 Å². The van der Waals surface area contributed by atoms with Crippen molar-refractivity contribution >= 4 is 22.4 Å². The molecule has 166 valence electrons. The van der Waals surface area contributed by atoms with Crippen molar-refractivity contribution in [3.63, 3.8) is 0 Å². The maximum atomic E-state index is 6.12. The van der Waals surface area contributed by atoms with Crippen LogP contribution in [0.4, 0.5) is 0 Å². The molecule has 3 nitrogen and oxygen atoms in total. The molecule has 1 heterocycles. The van der Waals surface area contributed by atoms with Gasteiger partial charge >= 0.3 is 0 Å². The third-order valence-electron chi connectivity index (χ3n) is 5.99. The summed E-state index contributed by atoms with van der Waals surface area (Å²) in [6.45, 7) is 0. The van der Waals surface area contributed by atoms with Crippen molar-refractivity contribution < 1.29 is 0 Å². The van der Waals surface area contributed by atoms with Gasteiger partial charge in [0.05, 0.1) is 0 Å². The van der Waals surface area contributed by atoms with Crippen molar-refractivity contribution in [2.45, 2.75) is 0 Å². The fourth-order valence-corrected chi connectivity index (χ4v) is 4.38. The Bertz CT molecular complexity index is 1640. The Morgan fingerprint density at radius 2 is 0.971 bits per heavy atom. The molecule has 35 heavy (non-hydrogen) atoms. The third kappa shape index (κ3) is 4.30. The molecule has 1 aromatic heterocycles.